The molecule has 0 aliphatic carbocycles. The number of ether oxygens (including phenoxy) is 1. The van der Waals surface area contributed by atoms with E-state index in [0.717, 1.165) is 25.2 Å². The van der Waals surface area contributed by atoms with Crippen LogP contribution in [0.2, 0.25) is 0 Å². The summed E-state index contributed by atoms with van der Waals surface area (Å²) in [5.74, 6) is 0.766. The van der Waals surface area contributed by atoms with E-state index in [9.17, 15) is 8.78 Å². The highest BCUT2D eigenvalue weighted by Gasteiger charge is 2.23. The van der Waals surface area contributed by atoms with Gasteiger partial charge in [-0.2, -0.15) is 8.78 Å². The molecule has 0 radical (unpaired) electrons. The summed E-state index contributed by atoms with van der Waals surface area (Å²) in [6, 6.07) is 7.18. The molecule has 2 unspecified atom stereocenters. The number of halogens is 3. The molecule has 2 rings (SSSR count). The molecule has 1 fully saturated rings. The molecule has 120 valence electrons. The van der Waals surface area contributed by atoms with Gasteiger partial charge >= 0.3 is 6.61 Å². The van der Waals surface area contributed by atoms with Gasteiger partial charge in [-0.15, -0.1) is 12.4 Å². The topological polar surface area (TPSA) is 38.5 Å². The summed E-state index contributed by atoms with van der Waals surface area (Å²) in [4.78, 5) is 2.41. The molecule has 6 heteroatoms. The van der Waals surface area contributed by atoms with Crippen LogP contribution in [0.5, 0.6) is 5.75 Å². The Hall–Kier alpha value is -0.910. The van der Waals surface area contributed by atoms with Crippen molar-refractivity contribution in [2.24, 2.45) is 11.7 Å². The van der Waals surface area contributed by atoms with Gasteiger partial charge in [0.2, 0.25) is 0 Å². The highest BCUT2D eigenvalue weighted by atomic mass is 35.5. The number of likely N-dealkylation sites (tertiary alicyclic amines) is 1. The maximum Gasteiger partial charge on any atom is 0.387 e. The van der Waals surface area contributed by atoms with Crippen molar-refractivity contribution < 1.29 is 13.5 Å². The van der Waals surface area contributed by atoms with Crippen molar-refractivity contribution in [2.45, 2.75) is 32.4 Å². The molecule has 0 aromatic heterocycles. The number of hydrogen-bond acceptors (Lipinski definition) is 3. The second-order valence-electron chi connectivity index (χ2n) is 5.36. The van der Waals surface area contributed by atoms with E-state index in [-0.39, 0.29) is 24.2 Å². The van der Waals surface area contributed by atoms with E-state index in [1.807, 2.05) is 12.1 Å². The zero-order chi connectivity index (χ0) is 14.5. The maximum absolute atomic E-state index is 12.1. The van der Waals surface area contributed by atoms with Gasteiger partial charge in [-0.25, -0.2) is 0 Å². The molecule has 2 atom stereocenters. The predicted octanol–water partition coefficient (Wildman–Crippen LogP) is 3.44. The van der Waals surface area contributed by atoms with Crippen molar-refractivity contribution in [3.8, 4) is 5.75 Å². The van der Waals surface area contributed by atoms with E-state index in [0.29, 0.717) is 5.92 Å². The molecule has 1 heterocycles. The molecule has 3 nitrogen and oxygen atoms in total. The Balaban J connectivity index is 0.00000220. The van der Waals surface area contributed by atoms with E-state index in [4.69, 9.17) is 5.73 Å². The summed E-state index contributed by atoms with van der Waals surface area (Å²) in [6.45, 7) is 2.16. The van der Waals surface area contributed by atoms with Gasteiger partial charge in [-0.1, -0.05) is 12.1 Å². The number of nitrogens with zero attached hydrogens (tertiary/aromatic N) is 1. The summed E-state index contributed by atoms with van der Waals surface area (Å²) in [5.41, 5.74) is 6.87. The van der Waals surface area contributed by atoms with E-state index >= 15 is 0 Å². The molecule has 2 N–H and O–H groups in total. The van der Waals surface area contributed by atoms with Crippen LogP contribution in [0.1, 0.15) is 31.4 Å². The van der Waals surface area contributed by atoms with Crippen molar-refractivity contribution in [3.05, 3.63) is 29.8 Å². The summed E-state index contributed by atoms with van der Waals surface area (Å²) in [6.07, 6.45) is 2.36. The number of benzene rings is 1. The zero-order valence-corrected chi connectivity index (χ0v) is 13.0. The highest BCUT2D eigenvalue weighted by Crippen LogP contribution is 2.27. The number of hydrogen-bond donors (Lipinski definition) is 1. The van der Waals surface area contributed by atoms with Crippen LogP contribution in [0.3, 0.4) is 0 Å². The minimum absolute atomic E-state index is 0. The first-order valence-corrected chi connectivity index (χ1v) is 7.09. The quantitative estimate of drug-likeness (QED) is 0.903. The lowest BCUT2D eigenvalue weighted by atomic mass is 9.95. The van der Waals surface area contributed by atoms with Crippen LogP contribution < -0.4 is 10.5 Å². The standard InChI is InChI=1S/C15H22F2N2O.ClH/c1-11(19-8-2-3-12(9-18)10-19)13-4-6-14(7-5-13)20-15(16)17;/h4-7,11-12,15H,2-3,8-10,18H2,1H3;1H. The third kappa shape index (κ3) is 5.09. The molecule has 1 aromatic carbocycles. The van der Waals surface area contributed by atoms with Crippen molar-refractivity contribution in [3.63, 3.8) is 0 Å². The third-order valence-corrected chi connectivity index (χ3v) is 4.02. The molecule has 1 aromatic rings. The van der Waals surface area contributed by atoms with Gasteiger partial charge in [0.25, 0.3) is 0 Å². The monoisotopic (exact) mass is 320 g/mol. The average Bonchev–Trinajstić information content (AvgIpc) is 2.47. The second-order valence-corrected chi connectivity index (χ2v) is 5.36. The third-order valence-electron chi connectivity index (χ3n) is 4.02. The van der Waals surface area contributed by atoms with Crippen molar-refractivity contribution >= 4 is 12.4 Å². The lowest BCUT2D eigenvalue weighted by Gasteiger charge is -2.36. The fourth-order valence-corrected chi connectivity index (χ4v) is 2.78. The van der Waals surface area contributed by atoms with Crippen molar-refractivity contribution in [2.75, 3.05) is 19.6 Å². The Morgan fingerprint density at radius 3 is 2.57 bits per heavy atom. The van der Waals surface area contributed by atoms with Crippen LogP contribution >= 0.6 is 12.4 Å². The van der Waals surface area contributed by atoms with Gasteiger partial charge in [0.1, 0.15) is 5.75 Å². The second kappa shape index (κ2) is 8.51. The molecule has 0 bridgehead atoms. The lowest BCUT2D eigenvalue weighted by molar-refractivity contribution is -0.0498. The van der Waals surface area contributed by atoms with Gasteiger partial charge in [-0.05, 0) is 56.5 Å². The molecular weight excluding hydrogens is 298 g/mol. The smallest absolute Gasteiger partial charge is 0.387 e. The lowest BCUT2D eigenvalue weighted by Crippen LogP contribution is -2.39. The van der Waals surface area contributed by atoms with Gasteiger partial charge in [0, 0.05) is 12.6 Å². The normalized spacial score (nSPS) is 20.9. The number of rotatable bonds is 5. The summed E-state index contributed by atoms with van der Waals surface area (Å²) >= 11 is 0. The van der Waals surface area contributed by atoms with Crippen LogP contribution in [-0.2, 0) is 0 Å². The first kappa shape index (κ1) is 18.1. The maximum atomic E-state index is 12.1. The van der Waals surface area contributed by atoms with Crippen LogP contribution in [0.25, 0.3) is 0 Å². The van der Waals surface area contributed by atoms with Crippen LogP contribution in [0, 0.1) is 5.92 Å². The van der Waals surface area contributed by atoms with E-state index in [2.05, 4.69) is 16.6 Å². The summed E-state index contributed by atoms with van der Waals surface area (Å²) < 4.78 is 28.6. The Morgan fingerprint density at radius 1 is 1.33 bits per heavy atom. The highest BCUT2D eigenvalue weighted by molar-refractivity contribution is 5.85. The van der Waals surface area contributed by atoms with Crippen LogP contribution in [-0.4, -0.2) is 31.1 Å². The predicted molar refractivity (Wildman–Crippen MR) is 82.1 cm³/mol. The Labute approximate surface area is 130 Å². The molecule has 1 aliphatic rings. The fraction of sp³-hybridized carbons (Fsp3) is 0.600. The van der Waals surface area contributed by atoms with Crippen molar-refractivity contribution in [1.82, 2.24) is 4.90 Å². The minimum atomic E-state index is -2.77. The van der Waals surface area contributed by atoms with Gasteiger partial charge in [0.15, 0.2) is 0 Å². The number of nitrogens with two attached hydrogens (primary N) is 1. The fourth-order valence-electron chi connectivity index (χ4n) is 2.78. The molecule has 0 spiro atoms. The molecule has 1 aliphatic heterocycles. The van der Waals surface area contributed by atoms with Crippen LogP contribution in [0.4, 0.5) is 8.78 Å². The van der Waals surface area contributed by atoms with Gasteiger partial charge in [-0.3, -0.25) is 4.90 Å². The molecule has 21 heavy (non-hydrogen) atoms. The number of alkyl halides is 2. The summed E-state index contributed by atoms with van der Waals surface area (Å²) in [5, 5.41) is 0. The molecule has 1 saturated heterocycles. The molecular formula is C15H23ClF2N2O. The number of piperidine rings is 1. The first-order chi connectivity index (χ1) is 9.60. The Kier molecular flexibility index (Phi) is 7.35. The van der Waals surface area contributed by atoms with E-state index in [1.165, 1.54) is 12.8 Å². The van der Waals surface area contributed by atoms with Crippen LogP contribution in [0.15, 0.2) is 24.3 Å². The zero-order valence-electron chi connectivity index (χ0n) is 12.2. The largest absolute Gasteiger partial charge is 0.435 e. The van der Waals surface area contributed by atoms with E-state index < -0.39 is 6.61 Å². The van der Waals surface area contributed by atoms with Gasteiger partial charge in [0.05, 0.1) is 0 Å². The Bertz CT molecular complexity index is 417. The Morgan fingerprint density at radius 2 is 2.00 bits per heavy atom. The van der Waals surface area contributed by atoms with Crippen molar-refractivity contribution in [1.29, 1.82) is 0 Å². The molecule has 0 amide bonds. The van der Waals surface area contributed by atoms with Gasteiger partial charge < -0.3 is 10.5 Å². The van der Waals surface area contributed by atoms with E-state index in [1.54, 1.807) is 12.1 Å². The first-order valence-electron chi connectivity index (χ1n) is 7.09. The minimum Gasteiger partial charge on any atom is -0.435 e. The average molecular weight is 321 g/mol. The SMILES string of the molecule is CC(c1ccc(OC(F)F)cc1)N1CCCC(CN)C1.Cl. The molecule has 0 saturated carbocycles. The summed E-state index contributed by atoms with van der Waals surface area (Å²) in [7, 11) is 0.